The second-order valence-electron chi connectivity index (χ2n) is 6.01. The van der Waals surface area contributed by atoms with Gasteiger partial charge in [-0.15, -0.1) is 0 Å². The quantitative estimate of drug-likeness (QED) is 0.668. The number of nitrogens with zero attached hydrogens (tertiary/aromatic N) is 4. The lowest BCUT2D eigenvalue weighted by Crippen LogP contribution is -2.23. The minimum atomic E-state index is -0.211. The molecular weight excluding hydrogens is 264 g/mol. The van der Waals surface area contributed by atoms with E-state index in [-0.39, 0.29) is 5.54 Å². The van der Waals surface area contributed by atoms with Gasteiger partial charge in [0.1, 0.15) is 17.8 Å². The van der Waals surface area contributed by atoms with Crippen molar-refractivity contribution in [3.05, 3.63) is 30.6 Å². The van der Waals surface area contributed by atoms with Crippen molar-refractivity contribution in [2.24, 2.45) is 0 Å². The predicted octanol–water partition coefficient (Wildman–Crippen LogP) is 2.41. The molecule has 0 atom stereocenters. The highest BCUT2D eigenvalue weighted by atomic mass is 15.3. The summed E-state index contributed by atoms with van der Waals surface area (Å²) in [5.41, 5.74) is 14.8. The molecule has 108 valence electrons. The zero-order valence-electron chi connectivity index (χ0n) is 12.3. The molecular formula is C15H18N6. The van der Waals surface area contributed by atoms with Crippen LogP contribution in [-0.4, -0.2) is 19.7 Å². The first-order valence-electron chi connectivity index (χ1n) is 6.73. The Morgan fingerprint density at radius 3 is 2.52 bits per heavy atom. The summed E-state index contributed by atoms with van der Waals surface area (Å²) in [4.78, 5) is 8.45. The third-order valence-electron chi connectivity index (χ3n) is 3.29. The Morgan fingerprint density at radius 1 is 1.10 bits per heavy atom. The van der Waals surface area contributed by atoms with Crippen LogP contribution in [0.1, 0.15) is 20.8 Å². The Balaban J connectivity index is 2.38. The van der Waals surface area contributed by atoms with Gasteiger partial charge in [-0.3, -0.25) is 0 Å². The van der Waals surface area contributed by atoms with E-state index in [2.05, 4.69) is 30.7 Å². The van der Waals surface area contributed by atoms with Gasteiger partial charge in [-0.05, 0) is 32.9 Å². The van der Waals surface area contributed by atoms with E-state index in [9.17, 15) is 0 Å². The third-order valence-corrected chi connectivity index (χ3v) is 3.29. The number of aromatic nitrogens is 4. The summed E-state index contributed by atoms with van der Waals surface area (Å²) in [5, 5.41) is 5.47. The topological polar surface area (TPSA) is 95.6 Å². The van der Waals surface area contributed by atoms with Crippen LogP contribution in [0.4, 0.5) is 11.5 Å². The molecule has 0 fully saturated rings. The fraction of sp³-hybridized carbons (Fsp3) is 0.267. The minimum Gasteiger partial charge on any atom is -0.399 e. The second-order valence-corrected chi connectivity index (χ2v) is 6.01. The van der Waals surface area contributed by atoms with Gasteiger partial charge in [-0.1, -0.05) is 12.1 Å². The molecule has 0 amide bonds. The molecule has 0 aliphatic heterocycles. The zero-order valence-corrected chi connectivity index (χ0v) is 12.3. The Hall–Kier alpha value is -2.63. The molecule has 4 N–H and O–H groups in total. The van der Waals surface area contributed by atoms with E-state index in [4.69, 9.17) is 16.6 Å². The first kappa shape index (κ1) is 13.4. The molecule has 3 rings (SSSR count). The van der Waals surface area contributed by atoms with Gasteiger partial charge in [0.05, 0.1) is 10.9 Å². The standard InChI is InChI=1S/C15H18N6/c1-15(2,3)21-14-11(13(17)18-8-19-14)12(20-21)9-5-4-6-10(16)7-9/h4-8H,16H2,1-3H3,(H2,17,18,19). The van der Waals surface area contributed by atoms with Gasteiger partial charge < -0.3 is 11.5 Å². The van der Waals surface area contributed by atoms with E-state index in [1.165, 1.54) is 6.33 Å². The Morgan fingerprint density at radius 2 is 1.86 bits per heavy atom. The molecule has 21 heavy (non-hydrogen) atoms. The lowest BCUT2D eigenvalue weighted by atomic mass is 10.1. The Labute approximate surface area is 122 Å². The zero-order chi connectivity index (χ0) is 15.2. The highest BCUT2D eigenvalue weighted by Gasteiger charge is 2.23. The van der Waals surface area contributed by atoms with Crippen molar-refractivity contribution in [3.8, 4) is 11.3 Å². The van der Waals surface area contributed by atoms with Gasteiger partial charge in [-0.2, -0.15) is 5.10 Å². The number of benzene rings is 1. The van der Waals surface area contributed by atoms with Crippen molar-refractivity contribution in [3.63, 3.8) is 0 Å². The van der Waals surface area contributed by atoms with Crippen LogP contribution < -0.4 is 11.5 Å². The van der Waals surface area contributed by atoms with Crippen LogP contribution in [0.5, 0.6) is 0 Å². The molecule has 0 saturated heterocycles. The molecule has 0 radical (unpaired) electrons. The molecule has 2 heterocycles. The molecule has 0 unspecified atom stereocenters. The number of nitrogen functional groups attached to an aromatic ring is 2. The SMILES string of the molecule is CC(C)(C)n1nc(-c2cccc(N)c2)c2c(N)ncnc21. The van der Waals surface area contributed by atoms with Gasteiger partial charge in [0.2, 0.25) is 0 Å². The molecule has 0 bridgehead atoms. The number of rotatable bonds is 1. The molecule has 0 aliphatic rings. The Kier molecular flexibility index (Phi) is 2.83. The second kappa shape index (κ2) is 4.44. The van der Waals surface area contributed by atoms with E-state index in [0.717, 1.165) is 22.3 Å². The molecule has 3 aromatic rings. The summed E-state index contributed by atoms with van der Waals surface area (Å²) in [6.45, 7) is 6.21. The summed E-state index contributed by atoms with van der Waals surface area (Å²) < 4.78 is 1.87. The van der Waals surface area contributed by atoms with E-state index >= 15 is 0 Å². The minimum absolute atomic E-state index is 0.211. The highest BCUT2D eigenvalue weighted by molar-refractivity contribution is 5.98. The van der Waals surface area contributed by atoms with Gasteiger partial charge in [-0.25, -0.2) is 14.6 Å². The normalized spacial score (nSPS) is 12.0. The van der Waals surface area contributed by atoms with Crippen LogP contribution >= 0.6 is 0 Å². The number of nitrogens with two attached hydrogens (primary N) is 2. The first-order valence-corrected chi connectivity index (χ1v) is 6.73. The smallest absolute Gasteiger partial charge is 0.164 e. The molecule has 6 nitrogen and oxygen atoms in total. The van der Waals surface area contributed by atoms with Crippen LogP contribution in [0.25, 0.3) is 22.3 Å². The maximum atomic E-state index is 6.05. The van der Waals surface area contributed by atoms with Gasteiger partial charge in [0, 0.05) is 11.3 Å². The lowest BCUT2D eigenvalue weighted by molar-refractivity contribution is 0.367. The molecule has 6 heteroatoms. The number of anilines is 2. The van der Waals surface area contributed by atoms with Gasteiger partial charge in [0.25, 0.3) is 0 Å². The van der Waals surface area contributed by atoms with Crippen LogP contribution in [-0.2, 0) is 5.54 Å². The van der Waals surface area contributed by atoms with E-state index in [0.29, 0.717) is 11.5 Å². The van der Waals surface area contributed by atoms with E-state index in [1.54, 1.807) is 0 Å². The highest BCUT2D eigenvalue weighted by Crippen LogP contribution is 2.33. The summed E-state index contributed by atoms with van der Waals surface area (Å²) in [5.74, 6) is 0.424. The van der Waals surface area contributed by atoms with Crippen molar-refractivity contribution >= 4 is 22.5 Å². The number of hydrogen-bond acceptors (Lipinski definition) is 5. The van der Waals surface area contributed by atoms with Crippen LogP contribution in [0, 0.1) is 0 Å². The van der Waals surface area contributed by atoms with Crippen LogP contribution in [0.15, 0.2) is 30.6 Å². The predicted molar refractivity (Wildman–Crippen MR) is 84.6 cm³/mol. The lowest BCUT2D eigenvalue weighted by Gasteiger charge is -2.19. The largest absolute Gasteiger partial charge is 0.399 e. The maximum absolute atomic E-state index is 6.05. The number of hydrogen-bond donors (Lipinski definition) is 2. The summed E-state index contributed by atoms with van der Waals surface area (Å²) >= 11 is 0. The fourth-order valence-corrected chi connectivity index (χ4v) is 2.33. The molecule has 1 aromatic carbocycles. The monoisotopic (exact) mass is 282 g/mol. The third kappa shape index (κ3) is 2.18. The average Bonchev–Trinajstić information content (AvgIpc) is 2.79. The first-order chi connectivity index (χ1) is 9.88. The summed E-state index contributed by atoms with van der Waals surface area (Å²) in [6.07, 6.45) is 1.46. The summed E-state index contributed by atoms with van der Waals surface area (Å²) in [7, 11) is 0. The maximum Gasteiger partial charge on any atom is 0.164 e. The average molecular weight is 282 g/mol. The van der Waals surface area contributed by atoms with Crippen molar-refractivity contribution < 1.29 is 0 Å². The van der Waals surface area contributed by atoms with E-state index in [1.807, 2.05) is 28.9 Å². The van der Waals surface area contributed by atoms with Gasteiger partial charge >= 0.3 is 0 Å². The van der Waals surface area contributed by atoms with Gasteiger partial charge in [0.15, 0.2) is 5.65 Å². The molecule has 0 aliphatic carbocycles. The molecule has 2 aromatic heterocycles. The summed E-state index contributed by atoms with van der Waals surface area (Å²) in [6, 6.07) is 7.57. The van der Waals surface area contributed by atoms with Crippen LogP contribution in [0.3, 0.4) is 0 Å². The van der Waals surface area contributed by atoms with E-state index < -0.39 is 0 Å². The number of fused-ring (bicyclic) bond motifs is 1. The van der Waals surface area contributed by atoms with Crippen molar-refractivity contribution in [2.45, 2.75) is 26.3 Å². The van der Waals surface area contributed by atoms with Crippen molar-refractivity contribution in [2.75, 3.05) is 11.5 Å². The Bertz CT molecular complexity index is 813. The molecule has 0 saturated carbocycles. The van der Waals surface area contributed by atoms with Crippen molar-refractivity contribution in [1.29, 1.82) is 0 Å². The van der Waals surface area contributed by atoms with Crippen LogP contribution in [0.2, 0.25) is 0 Å². The molecule has 0 spiro atoms. The van der Waals surface area contributed by atoms with Crippen molar-refractivity contribution in [1.82, 2.24) is 19.7 Å². The fourth-order valence-electron chi connectivity index (χ4n) is 2.33.